The maximum absolute atomic E-state index is 13.4. The third-order valence-electron chi connectivity index (χ3n) is 6.24. The van der Waals surface area contributed by atoms with Crippen LogP contribution < -0.4 is 11.0 Å². The van der Waals surface area contributed by atoms with Crippen LogP contribution in [0.2, 0.25) is 0 Å². The quantitative estimate of drug-likeness (QED) is 0.420. The normalized spacial score (nSPS) is 16.2. The van der Waals surface area contributed by atoms with Gasteiger partial charge in [-0.3, -0.25) is 10.2 Å². The zero-order valence-electron chi connectivity index (χ0n) is 18.6. The van der Waals surface area contributed by atoms with E-state index in [4.69, 9.17) is 4.98 Å². The largest absolute Gasteiger partial charge is 0.279 e. The molecule has 0 bridgehead atoms. The highest BCUT2D eigenvalue weighted by Crippen LogP contribution is 2.39. The summed E-state index contributed by atoms with van der Waals surface area (Å²) in [5, 5.41) is 9.43. The number of anilines is 1. The van der Waals surface area contributed by atoms with Crippen molar-refractivity contribution in [1.82, 2.24) is 14.8 Å². The molecule has 2 aromatic heterocycles. The van der Waals surface area contributed by atoms with Crippen molar-refractivity contribution in [1.29, 1.82) is 0 Å². The minimum absolute atomic E-state index is 0.00837. The third kappa shape index (κ3) is 4.06. The van der Waals surface area contributed by atoms with Crippen LogP contribution in [0.4, 0.5) is 5.69 Å². The fourth-order valence-electron chi connectivity index (χ4n) is 4.25. The molecule has 162 valence electrons. The van der Waals surface area contributed by atoms with E-state index in [1.807, 2.05) is 19.2 Å². The predicted molar refractivity (Wildman–Crippen MR) is 128 cm³/mol. The number of nitrogens with one attached hydrogen (secondary N) is 1. The minimum atomic E-state index is -0.00837. The standard InChI is InChI=1S/C24H29N5OS/c1-6-14(2)18-10-8-17(11-21(18)28-25-5)13-29-24(30)19-9-7-15(3)22-23(20(19)12-26-29)31-16(4)27-22/h8,10-12,14-15,28H,5-7,9,13H2,1-4H3. The lowest BCUT2D eigenvalue weighted by Crippen LogP contribution is -2.27. The Morgan fingerprint density at radius 1 is 1.42 bits per heavy atom. The van der Waals surface area contributed by atoms with Crippen LogP contribution in [-0.4, -0.2) is 21.5 Å². The van der Waals surface area contributed by atoms with Gasteiger partial charge in [-0.1, -0.05) is 32.9 Å². The number of benzene rings is 1. The molecule has 2 atom stereocenters. The van der Waals surface area contributed by atoms with Gasteiger partial charge in [-0.15, -0.1) is 11.3 Å². The number of hydrogen-bond acceptors (Lipinski definition) is 6. The molecule has 6 nitrogen and oxygen atoms in total. The summed E-state index contributed by atoms with van der Waals surface area (Å²) in [6.45, 7) is 12.6. The van der Waals surface area contributed by atoms with E-state index in [-0.39, 0.29) is 5.56 Å². The van der Waals surface area contributed by atoms with Gasteiger partial charge in [0, 0.05) is 23.8 Å². The van der Waals surface area contributed by atoms with Crippen molar-refractivity contribution in [3.8, 4) is 10.4 Å². The highest BCUT2D eigenvalue weighted by atomic mass is 32.1. The summed E-state index contributed by atoms with van der Waals surface area (Å²) in [5.74, 6) is 0.749. The van der Waals surface area contributed by atoms with E-state index in [9.17, 15) is 4.79 Å². The highest BCUT2D eigenvalue weighted by Gasteiger charge is 2.26. The van der Waals surface area contributed by atoms with Crippen LogP contribution in [0.25, 0.3) is 10.4 Å². The Morgan fingerprint density at radius 2 is 2.23 bits per heavy atom. The summed E-state index contributed by atoms with van der Waals surface area (Å²) in [6, 6.07) is 6.23. The first-order valence-corrected chi connectivity index (χ1v) is 11.7. The summed E-state index contributed by atoms with van der Waals surface area (Å²) in [5.41, 5.74) is 9.05. The summed E-state index contributed by atoms with van der Waals surface area (Å²) in [4.78, 5) is 19.2. The predicted octanol–water partition coefficient (Wildman–Crippen LogP) is 5.31. The minimum Gasteiger partial charge on any atom is -0.279 e. The van der Waals surface area contributed by atoms with E-state index in [0.29, 0.717) is 18.4 Å². The number of aromatic nitrogens is 3. The Balaban J connectivity index is 1.71. The van der Waals surface area contributed by atoms with Crippen LogP contribution in [0.1, 0.15) is 72.8 Å². The van der Waals surface area contributed by atoms with Crippen LogP contribution in [0.3, 0.4) is 0 Å². The Labute approximate surface area is 187 Å². The van der Waals surface area contributed by atoms with E-state index in [0.717, 1.165) is 57.2 Å². The van der Waals surface area contributed by atoms with Crippen LogP contribution in [-0.2, 0) is 13.0 Å². The molecule has 0 saturated carbocycles. The first kappa shape index (κ1) is 21.4. The van der Waals surface area contributed by atoms with Gasteiger partial charge in [0.05, 0.1) is 34.0 Å². The SMILES string of the molecule is C=NNc1cc(Cn2ncc3c(c2=O)CCC(C)c2nc(C)sc2-3)ccc1C(C)CC. The number of nitrogens with zero attached hydrogens (tertiary/aromatic N) is 4. The van der Waals surface area contributed by atoms with Gasteiger partial charge in [-0.05, 0) is 49.3 Å². The lowest BCUT2D eigenvalue weighted by molar-refractivity contribution is 0.618. The van der Waals surface area contributed by atoms with Crippen molar-refractivity contribution < 1.29 is 0 Å². The van der Waals surface area contributed by atoms with Crippen LogP contribution in [0, 0.1) is 6.92 Å². The van der Waals surface area contributed by atoms with E-state index in [1.165, 1.54) is 5.56 Å². The van der Waals surface area contributed by atoms with Gasteiger partial charge in [0.1, 0.15) is 0 Å². The van der Waals surface area contributed by atoms with Gasteiger partial charge < -0.3 is 0 Å². The average Bonchev–Trinajstić information content (AvgIpc) is 3.10. The summed E-state index contributed by atoms with van der Waals surface area (Å²) in [7, 11) is 0. The fraction of sp³-hybridized carbons (Fsp3) is 0.417. The van der Waals surface area contributed by atoms with Crippen LogP contribution in [0.15, 0.2) is 34.3 Å². The lowest BCUT2D eigenvalue weighted by atomic mass is 9.95. The van der Waals surface area contributed by atoms with Crippen molar-refractivity contribution in [3.05, 3.63) is 62.1 Å². The van der Waals surface area contributed by atoms with E-state index >= 15 is 0 Å². The molecule has 2 unspecified atom stereocenters. The molecule has 0 aliphatic heterocycles. The Kier molecular flexibility index (Phi) is 6.05. The molecule has 3 aromatic rings. The molecule has 0 fully saturated rings. The van der Waals surface area contributed by atoms with Crippen LogP contribution >= 0.6 is 11.3 Å². The zero-order valence-corrected chi connectivity index (χ0v) is 19.4. The summed E-state index contributed by atoms with van der Waals surface area (Å²) in [6.07, 6.45) is 4.56. The molecular formula is C24H29N5OS. The topological polar surface area (TPSA) is 72.2 Å². The fourth-order valence-corrected chi connectivity index (χ4v) is 5.33. The zero-order chi connectivity index (χ0) is 22.1. The van der Waals surface area contributed by atoms with Crippen molar-refractivity contribution in [3.63, 3.8) is 0 Å². The Bertz CT molecular complexity index is 1180. The number of rotatable bonds is 6. The molecule has 1 aliphatic carbocycles. The summed E-state index contributed by atoms with van der Waals surface area (Å²) < 4.78 is 1.58. The third-order valence-corrected chi connectivity index (χ3v) is 7.26. The first-order valence-electron chi connectivity index (χ1n) is 10.8. The molecule has 4 rings (SSSR count). The molecule has 1 N–H and O–H groups in total. The molecule has 1 aliphatic rings. The molecule has 7 heteroatoms. The van der Waals surface area contributed by atoms with Gasteiger partial charge in [-0.25, -0.2) is 9.67 Å². The number of aryl methyl sites for hydroxylation is 1. The van der Waals surface area contributed by atoms with Gasteiger partial charge in [0.2, 0.25) is 0 Å². The molecule has 0 amide bonds. The van der Waals surface area contributed by atoms with Gasteiger partial charge in [-0.2, -0.15) is 10.2 Å². The smallest absolute Gasteiger partial charge is 0.270 e. The second-order valence-electron chi connectivity index (χ2n) is 8.39. The first-order chi connectivity index (χ1) is 14.9. The van der Waals surface area contributed by atoms with E-state index < -0.39 is 0 Å². The number of fused-ring (bicyclic) bond motifs is 3. The molecule has 1 aromatic carbocycles. The number of thiazole rings is 1. The van der Waals surface area contributed by atoms with Gasteiger partial charge in [0.25, 0.3) is 5.56 Å². The van der Waals surface area contributed by atoms with E-state index in [1.54, 1.807) is 16.0 Å². The molecule has 0 spiro atoms. The Morgan fingerprint density at radius 3 is 2.97 bits per heavy atom. The second-order valence-corrected chi connectivity index (χ2v) is 9.59. The molecule has 0 radical (unpaired) electrons. The maximum atomic E-state index is 13.4. The van der Waals surface area contributed by atoms with E-state index in [2.05, 4.69) is 55.2 Å². The molecule has 2 heterocycles. The van der Waals surface area contributed by atoms with Crippen molar-refractivity contribution in [2.45, 2.75) is 65.3 Å². The van der Waals surface area contributed by atoms with Gasteiger partial charge in [0.15, 0.2) is 0 Å². The maximum Gasteiger partial charge on any atom is 0.270 e. The molecular weight excluding hydrogens is 406 g/mol. The lowest BCUT2D eigenvalue weighted by Gasteiger charge is -2.16. The van der Waals surface area contributed by atoms with Crippen molar-refractivity contribution in [2.75, 3.05) is 5.43 Å². The Hall–Kier alpha value is -2.80. The monoisotopic (exact) mass is 435 g/mol. The molecule has 31 heavy (non-hydrogen) atoms. The average molecular weight is 436 g/mol. The van der Waals surface area contributed by atoms with Crippen LogP contribution in [0.5, 0.6) is 0 Å². The second kappa shape index (κ2) is 8.75. The molecule has 0 saturated heterocycles. The number of hydrogen-bond donors (Lipinski definition) is 1. The van der Waals surface area contributed by atoms with Crippen molar-refractivity contribution >= 4 is 23.7 Å². The summed E-state index contributed by atoms with van der Waals surface area (Å²) >= 11 is 1.66. The van der Waals surface area contributed by atoms with Crippen molar-refractivity contribution in [2.24, 2.45) is 5.10 Å². The van der Waals surface area contributed by atoms with Gasteiger partial charge >= 0.3 is 0 Å². The highest BCUT2D eigenvalue weighted by molar-refractivity contribution is 7.15. The number of hydrazone groups is 1.